The summed E-state index contributed by atoms with van der Waals surface area (Å²) in [7, 11) is 4.80. The first kappa shape index (κ1) is 20.4. The average Bonchev–Trinajstić information content (AvgIpc) is 3.14. The molecule has 0 aliphatic heterocycles. The van der Waals surface area contributed by atoms with Crippen LogP contribution in [0.3, 0.4) is 0 Å². The summed E-state index contributed by atoms with van der Waals surface area (Å²) in [5.41, 5.74) is 0.843. The molecular formula is C19H23N3O4S. The van der Waals surface area contributed by atoms with E-state index in [4.69, 9.17) is 4.74 Å². The maximum absolute atomic E-state index is 12.6. The van der Waals surface area contributed by atoms with Crippen molar-refractivity contribution in [1.29, 1.82) is 0 Å². The van der Waals surface area contributed by atoms with Crippen molar-refractivity contribution in [1.82, 2.24) is 10.2 Å². The summed E-state index contributed by atoms with van der Waals surface area (Å²) in [5, 5.41) is 7.46. The first-order valence-corrected chi connectivity index (χ1v) is 9.19. The van der Waals surface area contributed by atoms with E-state index in [2.05, 4.69) is 10.6 Å². The standard InChI is InChI=1S/C19H23N3O4S/c1-12(23)20-15(17-6-5-9-27-17)11-18(24)21-14-10-13(19(25)22(2)3)7-8-16(14)26-4/h5-10,15H,11H2,1-4H3,(H,20,23)(H,21,24). The number of carbonyl (C=O) groups is 3. The van der Waals surface area contributed by atoms with Gasteiger partial charge in [0.2, 0.25) is 11.8 Å². The molecule has 1 aromatic carbocycles. The molecule has 27 heavy (non-hydrogen) atoms. The number of rotatable bonds is 7. The van der Waals surface area contributed by atoms with Crippen LogP contribution < -0.4 is 15.4 Å². The van der Waals surface area contributed by atoms with Crippen LogP contribution in [0.25, 0.3) is 0 Å². The van der Waals surface area contributed by atoms with Gasteiger partial charge in [0.15, 0.2) is 0 Å². The van der Waals surface area contributed by atoms with Gasteiger partial charge in [-0.25, -0.2) is 0 Å². The second-order valence-electron chi connectivity index (χ2n) is 6.14. The van der Waals surface area contributed by atoms with E-state index < -0.39 is 6.04 Å². The zero-order chi connectivity index (χ0) is 20.0. The number of hydrogen-bond acceptors (Lipinski definition) is 5. The third kappa shape index (κ3) is 5.55. The van der Waals surface area contributed by atoms with Crippen LogP contribution in [0.5, 0.6) is 5.75 Å². The first-order chi connectivity index (χ1) is 12.8. The smallest absolute Gasteiger partial charge is 0.253 e. The van der Waals surface area contributed by atoms with Crippen LogP contribution in [0.2, 0.25) is 0 Å². The van der Waals surface area contributed by atoms with Crippen molar-refractivity contribution in [3.63, 3.8) is 0 Å². The van der Waals surface area contributed by atoms with Gasteiger partial charge in [-0.05, 0) is 29.6 Å². The summed E-state index contributed by atoms with van der Waals surface area (Å²) in [4.78, 5) is 38.6. The quantitative estimate of drug-likeness (QED) is 0.762. The van der Waals surface area contributed by atoms with Crippen molar-refractivity contribution in [2.45, 2.75) is 19.4 Å². The third-order valence-electron chi connectivity index (χ3n) is 3.78. The number of thiophene rings is 1. The lowest BCUT2D eigenvalue weighted by Crippen LogP contribution is -2.29. The Labute approximate surface area is 162 Å². The summed E-state index contributed by atoms with van der Waals surface area (Å²) < 4.78 is 5.28. The molecule has 1 heterocycles. The Kier molecular flexibility index (Phi) is 6.95. The Bertz CT molecular complexity index is 818. The summed E-state index contributed by atoms with van der Waals surface area (Å²) >= 11 is 1.47. The normalized spacial score (nSPS) is 11.4. The van der Waals surface area contributed by atoms with Gasteiger partial charge >= 0.3 is 0 Å². The number of ether oxygens (including phenoxy) is 1. The zero-order valence-corrected chi connectivity index (χ0v) is 16.6. The van der Waals surface area contributed by atoms with Gasteiger partial charge in [0.1, 0.15) is 5.75 Å². The largest absolute Gasteiger partial charge is 0.495 e. The van der Waals surface area contributed by atoms with E-state index >= 15 is 0 Å². The molecule has 0 aliphatic rings. The topological polar surface area (TPSA) is 87.7 Å². The maximum atomic E-state index is 12.6. The number of anilines is 1. The second-order valence-corrected chi connectivity index (χ2v) is 7.11. The van der Waals surface area contributed by atoms with Crippen molar-refractivity contribution in [2.75, 3.05) is 26.5 Å². The van der Waals surface area contributed by atoms with Crippen LogP contribution in [0.15, 0.2) is 35.7 Å². The Morgan fingerprint density at radius 3 is 2.52 bits per heavy atom. The molecule has 2 aromatic rings. The SMILES string of the molecule is COc1ccc(C(=O)N(C)C)cc1NC(=O)CC(NC(C)=O)c1cccs1. The zero-order valence-electron chi connectivity index (χ0n) is 15.7. The summed E-state index contributed by atoms with van der Waals surface area (Å²) in [6, 6.07) is 8.18. The number of nitrogens with one attached hydrogen (secondary N) is 2. The van der Waals surface area contributed by atoms with Crippen molar-refractivity contribution in [3.8, 4) is 5.75 Å². The van der Waals surface area contributed by atoms with Crippen LogP contribution >= 0.6 is 11.3 Å². The van der Waals surface area contributed by atoms with Gasteiger partial charge in [0.05, 0.1) is 25.3 Å². The number of nitrogens with zero attached hydrogens (tertiary/aromatic N) is 1. The van der Waals surface area contributed by atoms with Crippen molar-refractivity contribution in [3.05, 3.63) is 46.2 Å². The predicted octanol–water partition coefficient (Wildman–Crippen LogP) is 2.66. The van der Waals surface area contributed by atoms with Crippen LogP contribution in [0.4, 0.5) is 5.69 Å². The van der Waals surface area contributed by atoms with Crippen LogP contribution in [0.1, 0.15) is 34.6 Å². The third-order valence-corrected chi connectivity index (χ3v) is 4.77. The van der Waals surface area contributed by atoms with E-state index in [1.807, 2.05) is 17.5 Å². The lowest BCUT2D eigenvalue weighted by Gasteiger charge is -2.18. The number of carbonyl (C=O) groups excluding carboxylic acids is 3. The molecule has 144 valence electrons. The fourth-order valence-corrected chi connectivity index (χ4v) is 3.32. The molecule has 0 aliphatic carbocycles. The highest BCUT2D eigenvalue weighted by molar-refractivity contribution is 7.10. The Hall–Kier alpha value is -2.87. The molecule has 8 heteroatoms. The average molecular weight is 389 g/mol. The van der Waals surface area contributed by atoms with Crippen LogP contribution in [0, 0.1) is 0 Å². The van der Waals surface area contributed by atoms with Crippen molar-refractivity contribution >= 4 is 34.7 Å². The Morgan fingerprint density at radius 1 is 1.22 bits per heavy atom. The first-order valence-electron chi connectivity index (χ1n) is 8.32. The molecule has 0 saturated heterocycles. The minimum Gasteiger partial charge on any atom is -0.495 e. The molecule has 0 saturated carbocycles. The Morgan fingerprint density at radius 2 is 1.96 bits per heavy atom. The number of hydrogen-bond donors (Lipinski definition) is 2. The monoisotopic (exact) mass is 389 g/mol. The summed E-state index contributed by atoms with van der Waals surface area (Å²) in [5.74, 6) is -0.235. The van der Waals surface area contributed by atoms with E-state index in [1.165, 1.54) is 30.3 Å². The molecule has 2 N–H and O–H groups in total. The highest BCUT2D eigenvalue weighted by Crippen LogP contribution is 2.28. The molecule has 2 rings (SSSR count). The molecule has 0 bridgehead atoms. The molecule has 1 unspecified atom stereocenters. The van der Waals surface area contributed by atoms with Crippen molar-refractivity contribution in [2.24, 2.45) is 0 Å². The van der Waals surface area contributed by atoms with E-state index in [0.29, 0.717) is 17.0 Å². The number of methoxy groups -OCH3 is 1. The van der Waals surface area contributed by atoms with Gasteiger partial charge in [-0.15, -0.1) is 11.3 Å². The fraction of sp³-hybridized carbons (Fsp3) is 0.316. The van der Waals surface area contributed by atoms with Gasteiger partial charge in [-0.3, -0.25) is 14.4 Å². The number of benzene rings is 1. The van der Waals surface area contributed by atoms with Gasteiger partial charge < -0.3 is 20.3 Å². The lowest BCUT2D eigenvalue weighted by molar-refractivity contribution is -0.120. The molecule has 0 fully saturated rings. The highest BCUT2D eigenvalue weighted by atomic mass is 32.1. The molecule has 0 radical (unpaired) electrons. The van der Waals surface area contributed by atoms with Gasteiger partial charge in [0.25, 0.3) is 5.91 Å². The molecule has 1 atom stereocenters. The second kappa shape index (κ2) is 9.18. The van der Waals surface area contributed by atoms with Gasteiger partial charge in [0, 0.05) is 31.5 Å². The number of amides is 3. The van der Waals surface area contributed by atoms with E-state index in [0.717, 1.165) is 4.88 Å². The van der Waals surface area contributed by atoms with E-state index in [9.17, 15) is 14.4 Å². The van der Waals surface area contributed by atoms with Crippen LogP contribution in [-0.2, 0) is 9.59 Å². The minimum absolute atomic E-state index is 0.0646. The molecule has 7 nitrogen and oxygen atoms in total. The Balaban J connectivity index is 2.19. The predicted molar refractivity (Wildman–Crippen MR) is 105 cm³/mol. The molecule has 3 amide bonds. The summed E-state index contributed by atoms with van der Waals surface area (Å²) in [6.45, 7) is 1.41. The van der Waals surface area contributed by atoms with Crippen LogP contribution in [-0.4, -0.2) is 43.8 Å². The van der Waals surface area contributed by atoms with Gasteiger partial charge in [-0.2, -0.15) is 0 Å². The highest BCUT2D eigenvalue weighted by Gasteiger charge is 2.20. The van der Waals surface area contributed by atoms with E-state index in [-0.39, 0.29) is 24.1 Å². The summed E-state index contributed by atoms with van der Waals surface area (Å²) in [6.07, 6.45) is 0.0646. The molecule has 0 spiro atoms. The molecular weight excluding hydrogens is 366 g/mol. The molecule has 1 aromatic heterocycles. The van der Waals surface area contributed by atoms with E-state index in [1.54, 1.807) is 32.3 Å². The fourth-order valence-electron chi connectivity index (χ4n) is 2.54. The lowest BCUT2D eigenvalue weighted by atomic mass is 10.1. The van der Waals surface area contributed by atoms with Crippen molar-refractivity contribution < 1.29 is 19.1 Å². The minimum atomic E-state index is -0.417. The maximum Gasteiger partial charge on any atom is 0.253 e. The van der Waals surface area contributed by atoms with Gasteiger partial charge in [-0.1, -0.05) is 6.07 Å².